The van der Waals surface area contributed by atoms with Crippen molar-refractivity contribution < 1.29 is 23.1 Å². The zero-order chi connectivity index (χ0) is 13.1. The Bertz CT molecular complexity index is 540. The van der Waals surface area contributed by atoms with E-state index in [4.69, 9.17) is 5.11 Å². The van der Waals surface area contributed by atoms with Crippen molar-refractivity contribution in [3.05, 3.63) is 28.7 Å². The van der Waals surface area contributed by atoms with Gasteiger partial charge in [-0.1, -0.05) is 15.9 Å². The molecule has 1 aromatic carbocycles. The van der Waals surface area contributed by atoms with E-state index in [2.05, 4.69) is 15.9 Å². The number of hydrazine groups is 1. The van der Waals surface area contributed by atoms with Crippen molar-refractivity contribution in [3.63, 3.8) is 0 Å². The van der Waals surface area contributed by atoms with E-state index in [0.717, 1.165) is 0 Å². The molecule has 1 rings (SSSR count). The quantitative estimate of drug-likeness (QED) is 0.529. The maximum atomic E-state index is 11.5. The molecular weight excluding hydrogens is 316 g/mol. The van der Waals surface area contributed by atoms with E-state index < -0.39 is 21.9 Å². The van der Waals surface area contributed by atoms with Gasteiger partial charge in [0.2, 0.25) is 0 Å². The van der Waals surface area contributed by atoms with Crippen molar-refractivity contribution in [2.24, 2.45) is 0 Å². The first-order valence-corrected chi connectivity index (χ1v) is 6.41. The van der Waals surface area contributed by atoms with Gasteiger partial charge < -0.3 is 5.11 Å². The van der Waals surface area contributed by atoms with Gasteiger partial charge in [0.15, 0.2) is 0 Å². The number of carbonyl (C=O) groups excluding carboxylic acids is 1. The van der Waals surface area contributed by atoms with Crippen molar-refractivity contribution in [1.29, 1.82) is 0 Å². The van der Waals surface area contributed by atoms with E-state index in [9.17, 15) is 18.0 Å². The lowest BCUT2D eigenvalue weighted by atomic mass is 10.4. The molecule has 0 aliphatic heterocycles. The molecule has 0 saturated carbocycles. The maximum absolute atomic E-state index is 11.5. The third-order valence-electron chi connectivity index (χ3n) is 1.62. The molecule has 3 N–H and O–H groups in total. The number of nitrogens with one attached hydrogen (secondary N) is 2. The number of hydrogen-bond donors (Lipinski definition) is 3. The predicted octanol–water partition coefficient (Wildman–Crippen LogP) is -0.157. The van der Waals surface area contributed by atoms with E-state index in [1.54, 1.807) is 10.3 Å². The third kappa shape index (κ3) is 3.80. The van der Waals surface area contributed by atoms with Crippen LogP contribution in [0.15, 0.2) is 33.6 Å². The van der Waals surface area contributed by atoms with Gasteiger partial charge in [-0.15, -0.1) is 4.83 Å². The van der Waals surface area contributed by atoms with Gasteiger partial charge >= 0.3 is 11.9 Å². The molecular formula is C8H7BrN2O5S. The summed E-state index contributed by atoms with van der Waals surface area (Å²) < 4.78 is 23.8. The first-order chi connectivity index (χ1) is 7.83. The van der Waals surface area contributed by atoms with Crippen LogP contribution in [0.2, 0.25) is 0 Å². The number of hydrogen-bond acceptors (Lipinski definition) is 4. The topological polar surface area (TPSA) is 113 Å². The predicted molar refractivity (Wildman–Crippen MR) is 60.2 cm³/mol. The van der Waals surface area contributed by atoms with E-state index >= 15 is 0 Å². The smallest absolute Gasteiger partial charge is 0.395 e. The lowest BCUT2D eigenvalue weighted by Gasteiger charge is -2.06. The Hall–Kier alpha value is -1.45. The zero-order valence-electron chi connectivity index (χ0n) is 8.18. The van der Waals surface area contributed by atoms with Gasteiger partial charge in [-0.2, -0.15) is 0 Å². The molecule has 17 heavy (non-hydrogen) atoms. The highest BCUT2D eigenvalue weighted by Crippen LogP contribution is 2.13. The average molecular weight is 323 g/mol. The molecule has 0 heterocycles. The van der Waals surface area contributed by atoms with Crippen LogP contribution in [-0.2, 0) is 19.6 Å². The Morgan fingerprint density at radius 2 is 1.71 bits per heavy atom. The summed E-state index contributed by atoms with van der Waals surface area (Å²) in [4.78, 5) is 22.3. The minimum absolute atomic E-state index is 0.105. The Balaban J connectivity index is 2.79. The van der Waals surface area contributed by atoms with Crippen LogP contribution in [-0.4, -0.2) is 25.4 Å². The lowest BCUT2D eigenvalue weighted by Crippen LogP contribution is -2.44. The molecule has 0 spiro atoms. The summed E-state index contributed by atoms with van der Waals surface area (Å²) in [6.07, 6.45) is 0. The van der Waals surface area contributed by atoms with Crippen LogP contribution in [0, 0.1) is 0 Å². The molecule has 0 aliphatic rings. The Morgan fingerprint density at radius 3 is 2.18 bits per heavy atom. The van der Waals surface area contributed by atoms with Gasteiger partial charge in [-0.3, -0.25) is 10.2 Å². The number of carbonyl (C=O) groups is 2. The van der Waals surface area contributed by atoms with Gasteiger partial charge in [-0.05, 0) is 24.3 Å². The van der Waals surface area contributed by atoms with E-state index in [-0.39, 0.29) is 4.90 Å². The highest BCUT2D eigenvalue weighted by atomic mass is 79.9. The minimum Gasteiger partial charge on any atom is -0.474 e. The summed E-state index contributed by atoms with van der Waals surface area (Å²) in [5, 5.41) is 8.23. The molecule has 9 heteroatoms. The van der Waals surface area contributed by atoms with Crippen LogP contribution in [0.5, 0.6) is 0 Å². The van der Waals surface area contributed by atoms with Crippen molar-refractivity contribution in [2.45, 2.75) is 4.90 Å². The molecule has 0 atom stereocenters. The van der Waals surface area contributed by atoms with Crippen LogP contribution in [0.25, 0.3) is 0 Å². The molecule has 1 amide bonds. The first-order valence-electron chi connectivity index (χ1n) is 4.13. The average Bonchev–Trinajstić information content (AvgIpc) is 2.26. The van der Waals surface area contributed by atoms with Crippen LogP contribution in [0.3, 0.4) is 0 Å². The van der Waals surface area contributed by atoms with Gasteiger partial charge in [-0.25, -0.2) is 13.2 Å². The summed E-state index contributed by atoms with van der Waals surface area (Å²) in [7, 11) is -3.97. The number of sulfonamides is 1. The summed E-state index contributed by atoms with van der Waals surface area (Å²) in [5.74, 6) is -3.26. The second kappa shape index (κ2) is 5.25. The summed E-state index contributed by atoms with van der Waals surface area (Å²) in [6, 6.07) is 5.57. The number of benzene rings is 1. The van der Waals surface area contributed by atoms with Gasteiger partial charge in [0, 0.05) is 4.47 Å². The number of amides is 1. The second-order valence-electron chi connectivity index (χ2n) is 2.82. The molecule has 0 aliphatic carbocycles. The highest BCUT2D eigenvalue weighted by molar-refractivity contribution is 9.10. The highest BCUT2D eigenvalue weighted by Gasteiger charge is 2.17. The molecule has 0 aromatic heterocycles. The Morgan fingerprint density at radius 1 is 1.18 bits per heavy atom. The third-order valence-corrected chi connectivity index (χ3v) is 3.41. The fourth-order valence-electron chi connectivity index (χ4n) is 0.840. The molecule has 0 radical (unpaired) electrons. The Kier molecular flexibility index (Phi) is 4.21. The molecule has 0 bridgehead atoms. The van der Waals surface area contributed by atoms with E-state index in [1.807, 2.05) is 0 Å². The fourth-order valence-corrected chi connectivity index (χ4v) is 1.94. The number of carboxylic acid groups (broad SMARTS) is 1. The van der Waals surface area contributed by atoms with E-state index in [1.165, 1.54) is 24.3 Å². The van der Waals surface area contributed by atoms with Gasteiger partial charge in [0.1, 0.15) is 0 Å². The fraction of sp³-hybridized carbons (Fsp3) is 0. The maximum Gasteiger partial charge on any atom is 0.395 e. The summed E-state index contributed by atoms with van der Waals surface area (Å²) >= 11 is 3.13. The summed E-state index contributed by atoms with van der Waals surface area (Å²) in [6.45, 7) is 0. The van der Waals surface area contributed by atoms with Crippen LogP contribution in [0.1, 0.15) is 0 Å². The SMILES string of the molecule is O=C(O)C(=O)NNS(=O)(=O)c1ccc(Br)cc1. The van der Waals surface area contributed by atoms with Crippen molar-refractivity contribution in [3.8, 4) is 0 Å². The van der Waals surface area contributed by atoms with Gasteiger partial charge in [0.25, 0.3) is 10.0 Å². The molecule has 7 nitrogen and oxygen atoms in total. The number of rotatable bonds is 3. The molecule has 0 unspecified atom stereocenters. The molecule has 0 fully saturated rings. The van der Waals surface area contributed by atoms with Crippen molar-refractivity contribution >= 4 is 37.8 Å². The lowest BCUT2D eigenvalue weighted by molar-refractivity contribution is -0.150. The number of aliphatic carboxylic acids is 1. The monoisotopic (exact) mass is 322 g/mol. The van der Waals surface area contributed by atoms with Gasteiger partial charge in [0.05, 0.1) is 4.90 Å². The van der Waals surface area contributed by atoms with Crippen molar-refractivity contribution in [1.82, 2.24) is 10.3 Å². The first kappa shape index (κ1) is 13.6. The Labute approximate surface area is 105 Å². The molecule has 1 aromatic rings. The second-order valence-corrected chi connectivity index (χ2v) is 5.42. The largest absolute Gasteiger partial charge is 0.474 e. The molecule has 92 valence electrons. The minimum atomic E-state index is -3.97. The molecule has 0 saturated heterocycles. The standard InChI is InChI=1S/C8H7BrN2O5S/c9-5-1-3-6(4-2-5)17(15,16)11-10-7(12)8(13)14/h1-4,11H,(H,10,12)(H,13,14). The van der Waals surface area contributed by atoms with Crippen LogP contribution >= 0.6 is 15.9 Å². The van der Waals surface area contributed by atoms with Crippen LogP contribution < -0.4 is 10.3 Å². The van der Waals surface area contributed by atoms with E-state index in [0.29, 0.717) is 4.47 Å². The number of carboxylic acids is 1. The zero-order valence-corrected chi connectivity index (χ0v) is 10.6. The van der Waals surface area contributed by atoms with Crippen LogP contribution in [0.4, 0.5) is 0 Å². The van der Waals surface area contributed by atoms with Crippen molar-refractivity contribution in [2.75, 3.05) is 0 Å². The summed E-state index contributed by atoms with van der Waals surface area (Å²) in [5.41, 5.74) is 1.55. The normalized spacial score (nSPS) is 10.9. The number of halogens is 1.